The minimum absolute atomic E-state index is 0.100. The van der Waals surface area contributed by atoms with Crippen LogP contribution in [0.25, 0.3) is 10.6 Å². The maximum atomic E-state index is 12.2. The summed E-state index contributed by atoms with van der Waals surface area (Å²) in [5.74, 6) is 0.215. The number of nitrogens with two attached hydrogens (primary N) is 1. The molecule has 0 aliphatic heterocycles. The van der Waals surface area contributed by atoms with E-state index in [0.717, 1.165) is 41.9 Å². The molecule has 5 heteroatoms. The van der Waals surface area contributed by atoms with Crippen LogP contribution in [0.15, 0.2) is 35.8 Å². The minimum atomic E-state index is 0.100. The van der Waals surface area contributed by atoms with Gasteiger partial charge in [-0.15, -0.1) is 11.3 Å². The molecule has 1 fully saturated rings. The summed E-state index contributed by atoms with van der Waals surface area (Å²) in [5.41, 5.74) is 7.79. The highest BCUT2D eigenvalue weighted by Gasteiger charge is 2.24. The van der Waals surface area contributed by atoms with E-state index in [0.29, 0.717) is 0 Å². The van der Waals surface area contributed by atoms with Gasteiger partial charge in [-0.3, -0.25) is 4.79 Å². The number of nitrogens with zero attached hydrogens (tertiary/aromatic N) is 1. The Morgan fingerprint density at radius 3 is 2.52 bits per heavy atom. The fourth-order valence-corrected chi connectivity index (χ4v) is 3.33. The molecule has 1 aromatic carbocycles. The molecule has 1 saturated carbocycles. The molecular weight excluding hydrogens is 282 g/mol. The lowest BCUT2D eigenvalue weighted by Crippen LogP contribution is -2.32. The Balaban J connectivity index is 1.61. The van der Waals surface area contributed by atoms with E-state index in [1.165, 1.54) is 0 Å². The lowest BCUT2D eigenvalue weighted by Gasteiger charge is -2.25. The topological polar surface area (TPSA) is 68.0 Å². The van der Waals surface area contributed by atoms with E-state index in [1.54, 1.807) is 17.5 Å². The molecule has 2 aromatic rings. The molecule has 3 N–H and O–H groups in total. The first-order chi connectivity index (χ1) is 10.2. The number of amides is 1. The zero-order valence-corrected chi connectivity index (χ0v) is 12.6. The van der Waals surface area contributed by atoms with Crippen LogP contribution in [0.5, 0.6) is 0 Å². The van der Waals surface area contributed by atoms with Crippen molar-refractivity contribution in [2.45, 2.75) is 31.7 Å². The number of anilines is 1. The van der Waals surface area contributed by atoms with E-state index in [9.17, 15) is 4.79 Å². The lowest BCUT2D eigenvalue weighted by molar-refractivity contribution is -0.120. The van der Waals surface area contributed by atoms with Crippen LogP contribution in [-0.2, 0) is 4.79 Å². The number of carbonyl (C=O) groups is 1. The Morgan fingerprint density at radius 1 is 1.19 bits per heavy atom. The second kappa shape index (κ2) is 6.37. The molecule has 110 valence electrons. The molecule has 0 radical (unpaired) electrons. The van der Waals surface area contributed by atoms with Crippen molar-refractivity contribution in [1.29, 1.82) is 0 Å². The van der Waals surface area contributed by atoms with E-state index in [-0.39, 0.29) is 17.9 Å². The Kier molecular flexibility index (Phi) is 4.31. The number of rotatable bonds is 3. The van der Waals surface area contributed by atoms with Gasteiger partial charge in [0.05, 0.1) is 0 Å². The molecular formula is C16H19N3OS. The molecule has 4 nitrogen and oxygen atoms in total. The second-order valence-corrected chi connectivity index (χ2v) is 6.41. The van der Waals surface area contributed by atoms with Gasteiger partial charge in [-0.05, 0) is 49.9 Å². The van der Waals surface area contributed by atoms with Gasteiger partial charge in [-0.1, -0.05) is 0 Å². The van der Waals surface area contributed by atoms with E-state index >= 15 is 0 Å². The van der Waals surface area contributed by atoms with Gasteiger partial charge in [0, 0.05) is 34.8 Å². The molecule has 1 aliphatic rings. The molecule has 0 spiro atoms. The summed E-state index contributed by atoms with van der Waals surface area (Å²) in [5, 5.41) is 5.95. The van der Waals surface area contributed by atoms with Gasteiger partial charge in [-0.25, -0.2) is 4.98 Å². The summed E-state index contributed by atoms with van der Waals surface area (Å²) in [6, 6.07) is 8.12. The Labute approximate surface area is 128 Å². The van der Waals surface area contributed by atoms with Gasteiger partial charge >= 0.3 is 0 Å². The Morgan fingerprint density at radius 2 is 1.90 bits per heavy atom. The zero-order valence-electron chi connectivity index (χ0n) is 11.8. The first kappa shape index (κ1) is 14.2. The highest BCUT2D eigenvalue weighted by atomic mass is 32.1. The number of carbonyl (C=O) groups excluding carboxylic acids is 1. The third-order valence-electron chi connectivity index (χ3n) is 3.97. The van der Waals surface area contributed by atoms with Crippen LogP contribution in [0.2, 0.25) is 0 Å². The normalized spacial score (nSPS) is 22.0. The molecule has 0 atom stereocenters. The van der Waals surface area contributed by atoms with Crippen molar-refractivity contribution < 1.29 is 4.79 Å². The van der Waals surface area contributed by atoms with Crippen LogP contribution in [0.3, 0.4) is 0 Å². The summed E-state index contributed by atoms with van der Waals surface area (Å²) in [7, 11) is 0. The maximum Gasteiger partial charge on any atom is 0.227 e. The molecule has 1 aliphatic carbocycles. The van der Waals surface area contributed by atoms with Crippen molar-refractivity contribution in [2.75, 3.05) is 5.32 Å². The summed E-state index contributed by atoms with van der Waals surface area (Å²) in [6.07, 6.45) is 5.47. The predicted octanol–water partition coefficient (Wildman–Crippen LogP) is 3.27. The molecule has 1 heterocycles. The van der Waals surface area contributed by atoms with Crippen molar-refractivity contribution in [3.63, 3.8) is 0 Å². The first-order valence-electron chi connectivity index (χ1n) is 7.29. The number of nitrogens with one attached hydrogen (secondary N) is 1. The van der Waals surface area contributed by atoms with E-state index < -0.39 is 0 Å². The number of benzene rings is 1. The van der Waals surface area contributed by atoms with Crippen molar-refractivity contribution in [1.82, 2.24) is 4.98 Å². The summed E-state index contributed by atoms with van der Waals surface area (Å²) >= 11 is 1.61. The van der Waals surface area contributed by atoms with Crippen LogP contribution < -0.4 is 11.1 Å². The van der Waals surface area contributed by atoms with Gasteiger partial charge in [0.1, 0.15) is 5.01 Å². The average Bonchev–Trinajstić information content (AvgIpc) is 3.03. The second-order valence-electron chi connectivity index (χ2n) is 5.52. The Hall–Kier alpha value is -1.72. The minimum Gasteiger partial charge on any atom is -0.328 e. The summed E-state index contributed by atoms with van der Waals surface area (Å²) in [6.45, 7) is 0. The number of thiazole rings is 1. The standard InChI is InChI=1S/C16H19N3OS/c17-13-5-1-11(2-6-13)15(20)19-14-7-3-12(4-8-14)16-18-9-10-21-16/h3-4,7-11,13H,1-2,5-6,17H2,(H,19,20). The van der Waals surface area contributed by atoms with Crippen LogP contribution >= 0.6 is 11.3 Å². The van der Waals surface area contributed by atoms with Crippen molar-refractivity contribution in [3.05, 3.63) is 35.8 Å². The predicted molar refractivity (Wildman–Crippen MR) is 86.1 cm³/mol. The van der Waals surface area contributed by atoms with Gasteiger partial charge in [0.15, 0.2) is 0 Å². The Bertz CT molecular complexity index is 586. The molecule has 0 saturated heterocycles. The molecule has 21 heavy (non-hydrogen) atoms. The summed E-state index contributed by atoms with van der Waals surface area (Å²) < 4.78 is 0. The van der Waals surface area contributed by atoms with Crippen molar-refractivity contribution in [3.8, 4) is 10.6 Å². The third-order valence-corrected chi connectivity index (χ3v) is 4.80. The van der Waals surface area contributed by atoms with Gasteiger partial charge in [-0.2, -0.15) is 0 Å². The third kappa shape index (κ3) is 3.49. The monoisotopic (exact) mass is 301 g/mol. The molecule has 0 unspecified atom stereocenters. The fraction of sp³-hybridized carbons (Fsp3) is 0.375. The summed E-state index contributed by atoms with van der Waals surface area (Å²) in [4.78, 5) is 16.5. The average molecular weight is 301 g/mol. The number of hydrogen-bond donors (Lipinski definition) is 2. The van der Waals surface area contributed by atoms with Crippen LogP contribution in [-0.4, -0.2) is 16.9 Å². The smallest absolute Gasteiger partial charge is 0.227 e. The van der Waals surface area contributed by atoms with Gasteiger partial charge < -0.3 is 11.1 Å². The fourth-order valence-electron chi connectivity index (χ4n) is 2.69. The van der Waals surface area contributed by atoms with Crippen LogP contribution in [0.4, 0.5) is 5.69 Å². The lowest BCUT2D eigenvalue weighted by atomic mass is 9.86. The highest BCUT2D eigenvalue weighted by molar-refractivity contribution is 7.13. The van der Waals surface area contributed by atoms with E-state index in [1.807, 2.05) is 29.6 Å². The molecule has 0 bridgehead atoms. The first-order valence-corrected chi connectivity index (χ1v) is 8.17. The van der Waals surface area contributed by atoms with Crippen molar-refractivity contribution in [2.24, 2.45) is 11.7 Å². The largest absolute Gasteiger partial charge is 0.328 e. The van der Waals surface area contributed by atoms with Gasteiger partial charge in [0.2, 0.25) is 5.91 Å². The SMILES string of the molecule is NC1CCC(C(=O)Nc2ccc(-c3nccs3)cc2)CC1. The number of aromatic nitrogens is 1. The van der Waals surface area contributed by atoms with E-state index in [4.69, 9.17) is 5.73 Å². The van der Waals surface area contributed by atoms with Crippen LogP contribution in [0, 0.1) is 5.92 Å². The quantitative estimate of drug-likeness (QED) is 0.914. The van der Waals surface area contributed by atoms with Gasteiger partial charge in [0.25, 0.3) is 0 Å². The highest BCUT2D eigenvalue weighted by Crippen LogP contribution is 2.26. The van der Waals surface area contributed by atoms with Crippen LogP contribution in [0.1, 0.15) is 25.7 Å². The molecule has 1 aromatic heterocycles. The van der Waals surface area contributed by atoms with Crippen molar-refractivity contribution >= 4 is 22.9 Å². The number of hydrogen-bond acceptors (Lipinski definition) is 4. The molecule has 1 amide bonds. The maximum absolute atomic E-state index is 12.2. The molecule has 3 rings (SSSR count). The van der Waals surface area contributed by atoms with E-state index in [2.05, 4.69) is 10.3 Å². The zero-order chi connectivity index (χ0) is 14.7.